The van der Waals surface area contributed by atoms with Crippen molar-refractivity contribution in [1.82, 2.24) is 4.83 Å². The molecule has 0 bridgehead atoms. The molecule has 0 aliphatic rings. The molecule has 0 spiro atoms. The second-order valence-electron chi connectivity index (χ2n) is 5.18. The van der Waals surface area contributed by atoms with Crippen LogP contribution in [0.3, 0.4) is 0 Å². The summed E-state index contributed by atoms with van der Waals surface area (Å²) in [4.78, 5) is 11.9. The van der Waals surface area contributed by atoms with Gasteiger partial charge < -0.3 is 4.42 Å². The van der Waals surface area contributed by atoms with Crippen LogP contribution in [-0.4, -0.2) is 19.6 Å². The van der Waals surface area contributed by atoms with Crippen molar-refractivity contribution in [3.63, 3.8) is 0 Å². The molecule has 2 aromatic carbocycles. The lowest BCUT2D eigenvalue weighted by atomic mass is 10.1. The van der Waals surface area contributed by atoms with Gasteiger partial charge in [0.25, 0.3) is 10.0 Å². The van der Waals surface area contributed by atoms with Gasteiger partial charge in [0.1, 0.15) is 4.92 Å². The van der Waals surface area contributed by atoms with Gasteiger partial charge in [0.2, 0.25) is 0 Å². The lowest BCUT2D eigenvalue weighted by Crippen LogP contribution is -2.18. The zero-order valence-corrected chi connectivity index (χ0v) is 14.1. The van der Waals surface area contributed by atoms with Gasteiger partial charge in [-0.05, 0) is 29.3 Å². The first-order valence-corrected chi connectivity index (χ1v) is 8.88. The second-order valence-corrected chi connectivity index (χ2v) is 6.84. The smallest absolute Gasteiger partial charge is 0.400 e. The molecule has 1 heterocycles. The van der Waals surface area contributed by atoms with Crippen LogP contribution in [0.15, 0.2) is 81.1 Å². The van der Waals surface area contributed by atoms with E-state index in [1.165, 1.54) is 18.2 Å². The summed E-state index contributed by atoms with van der Waals surface area (Å²) < 4.78 is 29.3. The van der Waals surface area contributed by atoms with E-state index in [0.29, 0.717) is 0 Å². The first-order chi connectivity index (χ1) is 12.5. The number of rotatable bonds is 6. The highest BCUT2D eigenvalue weighted by atomic mass is 32.2. The molecule has 3 rings (SSSR count). The Morgan fingerprint density at radius 1 is 0.962 bits per heavy atom. The van der Waals surface area contributed by atoms with E-state index in [9.17, 15) is 18.5 Å². The highest BCUT2D eigenvalue weighted by molar-refractivity contribution is 7.89. The maximum Gasteiger partial charge on any atom is 0.433 e. The molecule has 1 N–H and O–H groups in total. The van der Waals surface area contributed by atoms with Crippen molar-refractivity contribution >= 4 is 22.1 Å². The fourth-order valence-electron chi connectivity index (χ4n) is 2.18. The average molecular weight is 371 g/mol. The number of benzene rings is 2. The van der Waals surface area contributed by atoms with Crippen molar-refractivity contribution in [2.45, 2.75) is 4.90 Å². The van der Waals surface area contributed by atoms with Crippen LogP contribution < -0.4 is 4.83 Å². The number of nitro groups is 1. The molecule has 132 valence electrons. The van der Waals surface area contributed by atoms with Crippen molar-refractivity contribution in [2.75, 3.05) is 0 Å². The molecule has 0 atom stereocenters. The van der Waals surface area contributed by atoms with Crippen LogP contribution >= 0.6 is 0 Å². The van der Waals surface area contributed by atoms with E-state index in [2.05, 4.69) is 5.10 Å². The van der Waals surface area contributed by atoms with Crippen LogP contribution in [-0.2, 0) is 10.0 Å². The van der Waals surface area contributed by atoms with E-state index in [1.807, 2.05) is 35.2 Å². The molecule has 8 nitrogen and oxygen atoms in total. The van der Waals surface area contributed by atoms with Gasteiger partial charge in [0, 0.05) is 0 Å². The van der Waals surface area contributed by atoms with Gasteiger partial charge in [0.15, 0.2) is 5.76 Å². The Hall–Kier alpha value is -3.46. The van der Waals surface area contributed by atoms with Crippen LogP contribution in [0.2, 0.25) is 0 Å². The molecule has 0 saturated carbocycles. The standard InChI is InChI=1S/C17H13N3O5S/c21-20(22)17-11-8-15(25-17)12-18-19-26(23,24)16-9-6-14(7-10-16)13-4-2-1-3-5-13/h1-12,19H/b18-12-. The van der Waals surface area contributed by atoms with Crippen LogP contribution in [0.25, 0.3) is 11.1 Å². The van der Waals surface area contributed by atoms with E-state index in [1.54, 1.807) is 12.1 Å². The normalized spacial score (nSPS) is 11.5. The van der Waals surface area contributed by atoms with Crippen molar-refractivity contribution in [3.8, 4) is 11.1 Å². The molecule has 9 heteroatoms. The number of sulfonamides is 1. The van der Waals surface area contributed by atoms with E-state index >= 15 is 0 Å². The van der Waals surface area contributed by atoms with Gasteiger partial charge in [-0.1, -0.05) is 42.5 Å². The Morgan fingerprint density at radius 2 is 1.62 bits per heavy atom. The zero-order chi connectivity index (χ0) is 18.6. The number of nitrogens with one attached hydrogen (secondary N) is 1. The number of nitrogens with zero attached hydrogens (tertiary/aromatic N) is 2. The molecular weight excluding hydrogens is 358 g/mol. The third-order valence-electron chi connectivity index (χ3n) is 3.43. The summed E-state index contributed by atoms with van der Waals surface area (Å²) in [6, 6.07) is 18.3. The molecular formula is C17H13N3O5S. The predicted octanol–water partition coefficient (Wildman–Crippen LogP) is 3.17. The van der Waals surface area contributed by atoms with Gasteiger partial charge in [-0.25, -0.2) is 0 Å². The third kappa shape index (κ3) is 3.95. The minimum absolute atomic E-state index is 0.0414. The topological polar surface area (TPSA) is 115 Å². The highest BCUT2D eigenvalue weighted by Gasteiger charge is 2.13. The average Bonchev–Trinajstić information content (AvgIpc) is 3.12. The fourth-order valence-corrected chi connectivity index (χ4v) is 2.97. The molecule has 3 aromatic rings. The molecule has 0 fully saturated rings. The lowest BCUT2D eigenvalue weighted by molar-refractivity contribution is -0.402. The lowest BCUT2D eigenvalue weighted by Gasteiger charge is -2.05. The Bertz CT molecular complexity index is 1040. The molecule has 26 heavy (non-hydrogen) atoms. The molecule has 0 amide bonds. The van der Waals surface area contributed by atoms with Crippen LogP contribution in [0.5, 0.6) is 0 Å². The summed E-state index contributed by atoms with van der Waals surface area (Å²) in [6.07, 6.45) is 1.04. The molecule has 0 aliphatic heterocycles. The highest BCUT2D eigenvalue weighted by Crippen LogP contribution is 2.21. The van der Waals surface area contributed by atoms with E-state index < -0.39 is 20.8 Å². The quantitative estimate of drug-likeness (QED) is 0.406. The summed E-state index contributed by atoms with van der Waals surface area (Å²) in [5, 5.41) is 14.1. The SMILES string of the molecule is O=[N+]([O-])c1ccc(/C=N\NS(=O)(=O)c2ccc(-c3ccccc3)cc2)o1. The number of hydrogen-bond acceptors (Lipinski definition) is 6. The summed E-state index contributed by atoms with van der Waals surface area (Å²) in [5.41, 5.74) is 1.86. The first kappa shape index (κ1) is 17.4. The van der Waals surface area contributed by atoms with Gasteiger partial charge in [-0.2, -0.15) is 18.4 Å². The maximum absolute atomic E-state index is 12.2. The first-order valence-electron chi connectivity index (χ1n) is 7.40. The minimum atomic E-state index is -3.86. The van der Waals surface area contributed by atoms with Crippen molar-refractivity contribution < 1.29 is 17.8 Å². The summed E-state index contributed by atoms with van der Waals surface area (Å²) >= 11 is 0. The zero-order valence-electron chi connectivity index (χ0n) is 13.3. The Balaban J connectivity index is 1.71. The van der Waals surface area contributed by atoms with Gasteiger partial charge in [-0.15, -0.1) is 0 Å². The van der Waals surface area contributed by atoms with Crippen LogP contribution in [0.4, 0.5) is 5.88 Å². The van der Waals surface area contributed by atoms with Crippen molar-refractivity contribution in [2.24, 2.45) is 5.10 Å². The van der Waals surface area contributed by atoms with Gasteiger partial charge in [-0.3, -0.25) is 10.1 Å². The molecule has 1 aromatic heterocycles. The number of hydrogen-bond donors (Lipinski definition) is 1. The predicted molar refractivity (Wildman–Crippen MR) is 95.2 cm³/mol. The molecule has 0 saturated heterocycles. The van der Waals surface area contributed by atoms with Crippen molar-refractivity contribution in [1.29, 1.82) is 0 Å². The largest absolute Gasteiger partial charge is 0.433 e. The third-order valence-corrected chi connectivity index (χ3v) is 4.67. The summed E-state index contributed by atoms with van der Waals surface area (Å²) in [5.74, 6) is -0.398. The maximum atomic E-state index is 12.2. The monoisotopic (exact) mass is 371 g/mol. The van der Waals surface area contributed by atoms with Gasteiger partial charge >= 0.3 is 5.88 Å². The minimum Gasteiger partial charge on any atom is -0.400 e. The Kier molecular flexibility index (Phi) is 4.81. The van der Waals surface area contributed by atoms with Crippen LogP contribution in [0, 0.1) is 10.1 Å². The molecule has 0 aliphatic carbocycles. The Labute approximate surface area is 149 Å². The van der Waals surface area contributed by atoms with E-state index in [-0.39, 0.29) is 10.7 Å². The van der Waals surface area contributed by atoms with E-state index in [4.69, 9.17) is 4.42 Å². The number of hydrazone groups is 1. The fraction of sp³-hybridized carbons (Fsp3) is 0. The van der Waals surface area contributed by atoms with Crippen LogP contribution in [0.1, 0.15) is 5.76 Å². The van der Waals surface area contributed by atoms with E-state index in [0.717, 1.165) is 23.4 Å². The summed E-state index contributed by atoms with van der Waals surface area (Å²) in [6.45, 7) is 0. The van der Waals surface area contributed by atoms with Gasteiger partial charge in [0.05, 0.1) is 17.2 Å². The molecule has 0 unspecified atom stereocenters. The second kappa shape index (κ2) is 7.19. The van der Waals surface area contributed by atoms with Crippen molar-refractivity contribution in [3.05, 3.63) is 82.6 Å². The summed E-state index contributed by atoms with van der Waals surface area (Å²) in [7, 11) is -3.86. The molecule has 0 radical (unpaired) electrons. The Morgan fingerprint density at radius 3 is 2.23 bits per heavy atom. The number of furan rings is 1.